The minimum atomic E-state index is -0.153. The van der Waals surface area contributed by atoms with Crippen molar-refractivity contribution in [2.75, 3.05) is 13.7 Å². The van der Waals surface area contributed by atoms with Gasteiger partial charge in [0, 0.05) is 11.4 Å². The molecule has 0 saturated carbocycles. The summed E-state index contributed by atoms with van der Waals surface area (Å²) in [5.41, 5.74) is 0. The molecule has 1 aromatic rings. The number of rotatable bonds is 6. The molecule has 0 fully saturated rings. The lowest BCUT2D eigenvalue weighted by atomic mass is 10.3. The van der Waals surface area contributed by atoms with Crippen LogP contribution in [0, 0.1) is 0 Å². The molecule has 4 nitrogen and oxygen atoms in total. The number of hydrogen-bond donors (Lipinski definition) is 2. The summed E-state index contributed by atoms with van der Waals surface area (Å²) in [5, 5.41) is 2.78. The van der Waals surface area contributed by atoms with E-state index < -0.39 is 0 Å². The molecule has 0 aliphatic carbocycles. The number of methoxy groups -OCH3 is 1. The third-order valence-electron chi connectivity index (χ3n) is 2.14. The van der Waals surface area contributed by atoms with Crippen LogP contribution < -0.4 is 14.8 Å². The molecular formula is C12H18N2O2S. The minimum Gasteiger partial charge on any atom is -0.497 e. The van der Waals surface area contributed by atoms with Gasteiger partial charge in [0.2, 0.25) is 0 Å². The van der Waals surface area contributed by atoms with E-state index in [1.807, 2.05) is 24.3 Å². The minimum absolute atomic E-state index is 0.153. The highest BCUT2D eigenvalue weighted by Gasteiger charge is 2.00. The van der Waals surface area contributed by atoms with Gasteiger partial charge in [-0.15, -0.1) is 0 Å². The van der Waals surface area contributed by atoms with E-state index in [1.165, 1.54) is 11.9 Å². The monoisotopic (exact) mass is 254 g/mol. The van der Waals surface area contributed by atoms with Crippen molar-refractivity contribution < 1.29 is 9.53 Å². The SMILES string of the molecule is CCCCNC(=O)NSc1ccc(OC)cc1. The number of nitrogens with one attached hydrogen (secondary N) is 2. The Morgan fingerprint density at radius 1 is 1.35 bits per heavy atom. The molecule has 1 rings (SSSR count). The fraction of sp³-hybridized carbons (Fsp3) is 0.417. The summed E-state index contributed by atoms with van der Waals surface area (Å²) in [4.78, 5) is 12.3. The normalized spacial score (nSPS) is 9.76. The van der Waals surface area contributed by atoms with E-state index in [0.717, 1.165) is 23.5 Å². The molecule has 0 aliphatic rings. The van der Waals surface area contributed by atoms with E-state index >= 15 is 0 Å². The van der Waals surface area contributed by atoms with Gasteiger partial charge < -0.3 is 10.1 Å². The number of benzene rings is 1. The molecule has 0 saturated heterocycles. The van der Waals surface area contributed by atoms with E-state index in [4.69, 9.17) is 4.74 Å². The Labute approximate surface area is 106 Å². The average Bonchev–Trinajstić information content (AvgIpc) is 2.37. The number of unbranched alkanes of at least 4 members (excludes halogenated alkanes) is 1. The summed E-state index contributed by atoms with van der Waals surface area (Å²) in [6, 6.07) is 7.36. The maximum absolute atomic E-state index is 11.3. The van der Waals surface area contributed by atoms with Gasteiger partial charge in [0.15, 0.2) is 0 Å². The summed E-state index contributed by atoms with van der Waals surface area (Å²) < 4.78 is 7.77. The molecule has 0 bridgehead atoms. The first kappa shape index (κ1) is 13.7. The number of urea groups is 1. The van der Waals surface area contributed by atoms with Gasteiger partial charge in [-0.3, -0.25) is 4.72 Å². The molecule has 0 heterocycles. The number of carbonyl (C=O) groups is 1. The van der Waals surface area contributed by atoms with Crippen LogP contribution in [0.25, 0.3) is 0 Å². The van der Waals surface area contributed by atoms with E-state index in [9.17, 15) is 4.79 Å². The van der Waals surface area contributed by atoms with Gasteiger partial charge in [0.05, 0.1) is 7.11 Å². The second-order valence-corrected chi connectivity index (χ2v) is 4.37. The molecule has 0 aliphatic heterocycles. The highest BCUT2D eigenvalue weighted by atomic mass is 32.2. The number of hydrogen-bond acceptors (Lipinski definition) is 3. The Morgan fingerprint density at radius 2 is 2.06 bits per heavy atom. The highest BCUT2D eigenvalue weighted by Crippen LogP contribution is 2.18. The molecule has 2 N–H and O–H groups in total. The van der Waals surface area contributed by atoms with Gasteiger partial charge >= 0.3 is 6.03 Å². The predicted molar refractivity (Wildman–Crippen MR) is 70.3 cm³/mol. The van der Waals surface area contributed by atoms with Crippen LogP contribution in [0.3, 0.4) is 0 Å². The Hall–Kier alpha value is -1.36. The first-order chi connectivity index (χ1) is 8.26. The maximum atomic E-state index is 11.3. The van der Waals surface area contributed by atoms with Crippen molar-refractivity contribution in [3.05, 3.63) is 24.3 Å². The van der Waals surface area contributed by atoms with Crippen molar-refractivity contribution in [1.82, 2.24) is 10.0 Å². The standard InChI is InChI=1S/C12H18N2O2S/c1-3-4-9-13-12(15)14-17-11-7-5-10(16-2)6-8-11/h5-8H,3-4,9H2,1-2H3,(H2,13,14,15). The fourth-order valence-corrected chi connectivity index (χ4v) is 1.72. The van der Waals surface area contributed by atoms with Crippen molar-refractivity contribution in [3.63, 3.8) is 0 Å². The zero-order chi connectivity index (χ0) is 12.5. The van der Waals surface area contributed by atoms with Gasteiger partial charge in [0.1, 0.15) is 5.75 Å². The van der Waals surface area contributed by atoms with E-state index in [1.54, 1.807) is 7.11 Å². The van der Waals surface area contributed by atoms with Crippen LogP contribution in [0.2, 0.25) is 0 Å². The molecule has 94 valence electrons. The lowest BCUT2D eigenvalue weighted by molar-refractivity contribution is 0.246. The fourth-order valence-electron chi connectivity index (χ4n) is 1.16. The summed E-state index contributed by atoms with van der Waals surface area (Å²) in [6.45, 7) is 2.80. The van der Waals surface area contributed by atoms with Crippen LogP contribution in [0.1, 0.15) is 19.8 Å². The van der Waals surface area contributed by atoms with E-state index in [0.29, 0.717) is 6.54 Å². The van der Waals surface area contributed by atoms with Gasteiger partial charge in [0.25, 0.3) is 0 Å². The second-order valence-electron chi connectivity index (χ2n) is 3.49. The van der Waals surface area contributed by atoms with Crippen LogP contribution in [0.15, 0.2) is 29.2 Å². The molecule has 0 radical (unpaired) electrons. The zero-order valence-corrected chi connectivity index (χ0v) is 11.0. The first-order valence-electron chi connectivity index (χ1n) is 5.61. The molecule has 0 atom stereocenters. The van der Waals surface area contributed by atoms with Crippen molar-refractivity contribution >= 4 is 18.0 Å². The van der Waals surface area contributed by atoms with E-state index in [-0.39, 0.29) is 6.03 Å². The van der Waals surface area contributed by atoms with Gasteiger partial charge in [-0.1, -0.05) is 13.3 Å². The van der Waals surface area contributed by atoms with Crippen molar-refractivity contribution in [1.29, 1.82) is 0 Å². The van der Waals surface area contributed by atoms with E-state index in [2.05, 4.69) is 17.0 Å². The topological polar surface area (TPSA) is 50.4 Å². The largest absolute Gasteiger partial charge is 0.497 e. The number of carbonyl (C=O) groups excluding carboxylic acids is 1. The Balaban J connectivity index is 2.27. The summed E-state index contributed by atoms with van der Waals surface area (Å²) in [5.74, 6) is 0.807. The number of amides is 2. The molecule has 2 amide bonds. The second kappa shape index (κ2) is 7.84. The molecular weight excluding hydrogens is 236 g/mol. The van der Waals surface area contributed by atoms with Crippen molar-refractivity contribution in [2.45, 2.75) is 24.7 Å². The molecule has 5 heteroatoms. The van der Waals surface area contributed by atoms with Crippen LogP contribution in [0.4, 0.5) is 4.79 Å². The highest BCUT2D eigenvalue weighted by molar-refractivity contribution is 7.98. The molecule has 17 heavy (non-hydrogen) atoms. The summed E-state index contributed by atoms with van der Waals surface area (Å²) in [7, 11) is 1.63. The predicted octanol–water partition coefficient (Wildman–Crippen LogP) is 2.80. The zero-order valence-electron chi connectivity index (χ0n) is 10.2. The molecule has 1 aromatic carbocycles. The lowest BCUT2D eigenvalue weighted by Crippen LogP contribution is -2.31. The summed E-state index contributed by atoms with van der Waals surface area (Å²) >= 11 is 1.29. The van der Waals surface area contributed by atoms with Crippen LogP contribution in [0.5, 0.6) is 5.75 Å². The van der Waals surface area contributed by atoms with Crippen molar-refractivity contribution in [3.8, 4) is 5.75 Å². The average molecular weight is 254 g/mol. The molecule has 0 aromatic heterocycles. The summed E-state index contributed by atoms with van der Waals surface area (Å²) in [6.07, 6.45) is 2.08. The molecule has 0 spiro atoms. The van der Waals surface area contributed by atoms with Crippen LogP contribution in [-0.4, -0.2) is 19.7 Å². The first-order valence-corrected chi connectivity index (χ1v) is 6.42. The van der Waals surface area contributed by atoms with Gasteiger partial charge in [-0.2, -0.15) is 0 Å². The molecule has 0 unspecified atom stereocenters. The smallest absolute Gasteiger partial charge is 0.325 e. The van der Waals surface area contributed by atoms with Crippen molar-refractivity contribution in [2.24, 2.45) is 0 Å². The Morgan fingerprint density at radius 3 is 2.65 bits per heavy atom. The van der Waals surface area contributed by atoms with Crippen LogP contribution in [-0.2, 0) is 0 Å². The van der Waals surface area contributed by atoms with Gasteiger partial charge in [-0.05, 0) is 42.6 Å². The third-order valence-corrected chi connectivity index (χ3v) is 2.93. The number of ether oxygens (including phenoxy) is 1. The quantitative estimate of drug-likeness (QED) is 0.606. The van der Waals surface area contributed by atoms with Crippen LogP contribution >= 0.6 is 11.9 Å². The Bertz CT molecular complexity index is 341. The lowest BCUT2D eigenvalue weighted by Gasteiger charge is -2.06. The third kappa shape index (κ3) is 5.49. The maximum Gasteiger partial charge on any atom is 0.325 e. The Kier molecular flexibility index (Phi) is 6.32. The van der Waals surface area contributed by atoms with Gasteiger partial charge in [-0.25, -0.2) is 4.79 Å².